The summed E-state index contributed by atoms with van der Waals surface area (Å²) in [6.07, 6.45) is -0.497. The molecule has 4 nitrogen and oxygen atoms in total. The Labute approximate surface area is 137 Å². The Kier molecular flexibility index (Phi) is 4.34. The molecule has 2 aromatic carbocycles. The first kappa shape index (κ1) is 15.6. The van der Waals surface area contributed by atoms with Crippen LogP contribution < -0.4 is 5.32 Å². The van der Waals surface area contributed by atoms with E-state index in [4.69, 9.17) is 4.74 Å². The number of esters is 1. The van der Waals surface area contributed by atoms with Crippen LogP contribution >= 0.6 is 11.8 Å². The van der Waals surface area contributed by atoms with Crippen LogP contribution in [0.1, 0.15) is 28.9 Å². The highest BCUT2D eigenvalue weighted by molar-refractivity contribution is 8.00. The van der Waals surface area contributed by atoms with E-state index < -0.39 is 12.1 Å². The average Bonchev–Trinajstić information content (AvgIpc) is 2.54. The van der Waals surface area contributed by atoms with Crippen LogP contribution in [0.3, 0.4) is 0 Å². The summed E-state index contributed by atoms with van der Waals surface area (Å²) in [5, 5.41) is 2.74. The Bertz CT molecular complexity index is 761. The molecule has 1 amide bonds. The number of carbonyl (C=O) groups excluding carboxylic acids is 2. The second-order valence-electron chi connectivity index (χ2n) is 5.15. The van der Waals surface area contributed by atoms with E-state index in [0.717, 1.165) is 4.90 Å². The molecule has 118 valence electrons. The van der Waals surface area contributed by atoms with Gasteiger partial charge in [0, 0.05) is 4.90 Å². The SMILES string of the molecule is C[C@@H](OC(=O)c1ccc2c(c1)NC(=O)CS2)c1ccc(F)cc1. The summed E-state index contributed by atoms with van der Waals surface area (Å²) in [5.74, 6) is -0.546. The number of amides is 1. The molecular formula is C17H14FNO3S. The lowest BCUT2D eigenvalue weighted by Crippen LogP contribution is -2.19. The molecular weight excluding hydrogens is 317 g/mol. The zero-order valence-electron chi connectivity index (χ0n) is 12.3. The monoisotopic (exact) mass is 331 g/mol. The van der Waals surface area contributed by atoms with E-state index in [1.807, 2.05) is 0 Å². The number of carbonyl (C=O) groups is 2. The minimum absolute atomic E-state index is 0.0901. The van der Waals surface area contributed by atoms with Crippen LogP contribution in [0.2, 0.25) is 0 Å². The van der Waals surface area contributed by atoms with E-state index in [2.05, 4.69) is 5.32 Å². The summed E-state index contributed by atoms with van der Waals surface area (Å²) in [6.45, 7) is 1.72. The molecule has 0 unspecified atom stereocenters. The molecule has 6 heteroatoms. The third-order valence-electron chi connectivity index (χ3n) is 3.47. The third kappa shape index (κ3) is 3.53. The second-order valence-corrected chi connectivity index (χ2v) is 6.16. The molecule has 1 aliphatic rings. The highest BCUT2D eigenvalue weighted by Gasteiger charge is 2.19. The number of benzene rings is 2. The van der Waals surface area contributed by atoms with Gasteiger partial charge in [-0.25, -0.2) is 9.18 Å². The van der Waals surface area contributed by atoms with Gasteiger partial charge in [-0.3, -0.25) is 4.79 Å². The molecule has 1 atom stereocenters. The first-order valence-electron chi connectivity index (χ1n) is 7.06. The van der Waals surface area contributed by atoms with Gasteiger partial charge in [0.25, 0.3) is 0 Å². The number of hydrogen-bond acceptors (Lipinski definition) is 4. The number of anilines is 1. The van der Waals surface area contributed by atoms with E-state index in [-0.39, 0.29) is 11.7 Å². The van der Waals surface area contributed by atoms with Gasteiger partial charge in [-0.2, -0.15) is 0 Å². The number of ether oxygens (including phenoxy) is 1. The Morgan fingerprint density at radius 2 is 2.00 bits per heavy atom. The van der Waals surface area contributed by atoms with Crippen LogP contribution in [0.5, 0.6) is 0 Å². The topological polar surface area (TPSA) is 55.4 Å². The van der Waals surface area contributed by atoms with Crippen molar-refractivity contribution in [3.63, 3.8) is 0 Å². The third-order valence-corrected chi connectivity index (χ3v) is 4.54. The number of nitrogens with one attached hydrogen (secondary N) is 1. The maximum Gasteiger partial charge on any atom is 0.338 e. The van der Waals surface area contributed by atoms with Crippen LogP contribution in [0.4, 0.5) is 10.1 Å². The standard InChI is InChI=1S/C17H14FNO3S/c1-10(11-2-5-13(18)6-3-11)22-17(21)12-4-7-15-14(8-12)19-16(20)9-23-15/h2-8,10H,9H2,1H3,(H,19,20)/t10-/m1/s1. The summed E-state index contributed by atoms with van der Waals surface area (Å²) >= 11 is 1.43. The number of thioether (sulfide) groups is 1. The zero-order valence-corrected chi connectivity index (χ0v) is 13.2. The zero-order chi connectivity index (χ0) is 16.4. The van der Waals surface area contributed by atoms with Crippen molar-refractivity contribution in [3.05, 3.63) is 59.4 Å². The summed E-state index contributed by atoms with van der Waals surface area (Å²) in [6, 6.07) is 10.9. The van der Waals surface area contributed by atoms with E-state index in [0.29, 0.717) is 22.6 Å². The van der Waals surface area contributed by atoms with Crippen molar-refractivity contribution < 1.29 is 18.7 Å². The first-order chi connectivity index (χ1) is 11.0. The van der Waals surface area contributed by atoms with Crippen molar-refractivity contribution in [1.82, 2.24) is 0 Å². The summed E-state index contributed by atoms with van der Waals surface area (Å²) in [5.41, 5.74) is 1.69. The molecule has 0 aliphatic carbocycles. The fourth-order valence-electron chi connectivity index (χ4n) is 2.24. The van der Waals surface area contributed by atoms with Gasteiger partial charge in [-0.1, -0.05) is 12.1 Å². The van der Waals surface area contributed by atoms with E-state index in [9.17, 15) is 14.0 Å². The summed E-state index contributed by atoms with van der Waals surface area (Å²) in [4.78, 5) is 24.6. The molecule has 1 aliphatic heterocycles. The molecule has 0 bridgehead atoms. The molecule has 0 spiro atoms. The minimum atomic E-state index is -0.497. The summed E-state index contributed by atoms with van der Waals surface area (Å²) < 4.78 is 18.3. The van der Waals surface area contributed by atoms with Crippen LogP contribution in [-0.4, -0.2) is 17.6 Å². The fraction of sp³-hybridized carbons (Fsp3) is 0.176. The predicted octanol–water partition coefficient (Wildman–Crippen LogP) is 3.79. The van der Waals surface area contributed by atoms with Crippen LogP contribution in [0.15, 0.2) is 47.4 Å². The molecule has 23 heavy (non-hydrogen) atoms. The number of hydrogen-bond donors (Lipinski definition) is 1. The average molecular weight is 331 g/mol. The summed E-state index contributed by atoms with van der Waals surface area (Å²) in [7, 11) is 0. The molecule has 0 saturated carbocycles. The molecule has 0 saturated heterocycles. The van der Waals surface area contributed by atoms with E-state index in [1.165, 1.54) is 23.9 Å². The molecule has 0 radical (unpaired) electrons. The molecule has 0 fully saturated rings. The van der Waals surface area contributed by atoms with Gasteiger partial charge in [0.1, 0.15) is 11.9 Å². The Balaban J connectivity index is 1.74. The van der Waals surface area contributed by atoms with Gasteiger partial charge in [0.2, 0.25) is 5.91 Å². The van der Waals surface area contributed by atoms with Crippen molar-refractivity contribution in [2.24, 2.45) is 0 Å². The van der Waals surface area contributed by atoms with Crippen LogP contribution in [0, 0.1) is 5.82 Å². The predicted molar refractivity (Wildman–Crippen MR) is 86.0 cm³/mol. The lowest BCUT2D eigenvalue weighted by atomic mass is 10.1. The maximum atomic E-state index is 12.9. The lowest BCUT2D eigenvalue weighted by molar-refractivity contribution is -0.113. The number of rotatable bonds is 3. The maximum absolute atomic E-state index is 12.9. The van der Waals surface area contributed by atoms with Gasteiger partial charge < -0.3 is 10.1 Å². The van der Waals surface area contributed by atoms with E-state index in [1.54, 1.807) is 37.3 Å². The van der Waals surface area contributed by atoms with Crippen molar-refractivity contribution >= 4 is 29.3 Å². The minimum Gasteiger partial charge on any atom is -0.454 e. The van der Waals surface area contributed by atoms with Crippen molar-refractivity contribution in [2.45, 2.75) is 17.9 Å². The largest absolute Gasteiger partial charge is 0.454 e. The fourth-order valence-corrected chi connectivity index (χ4v) is 3.03. The normalized spacial score (nSPS) is 14.6. The Morgan fingerprint density at radius 1 is 1.26 bits per heavy atom. The molecule has 3 rings (SSSR count). The number of halogens is 1. The molecule has 1 heterocycles. The van der Waals surface area contributed by atoms with Gasteiger partial charge >= 0.3 is 5.97 Å². The number of fused-ring (bicyclic) bond motifs is 1. The van der Waals surface area contributed by atoms with Gasteiger partial charge in [0.15, 0.2) is 0 Å². The van der Waals surface area contributed by atoms with Crippen molar-refractivity contribution in [3.8, 4) is 0 Å². The first-order valence-corrected chi connectivity index (χ1v) is 8.04. The second kappa shape index (κ2) is 6.42. The molecule has 1 N–H and O–H groups in total. The van der Waals surface area contributed by atoms with Crippen LogP contribution in [-0.2, 0) is 9.53 Å². The Morgan fingerprint density at radius 3 is 2.74 bits per heavy atom. The van der Waals surface area contributed by atoms with Gasteiger partial charge in [0.05, 0.1) is 17.0 Å². The Hall–Kier alpha value is -2.34. The van der Waals surface area contributed by atoms with Crippen molar-refractivity contribution in [1.29, 1.82) is 0 Å². The quantitative estimate of drug-likeness (QED) is 0.870. The van der Waals surface area contributed by atoms with Crippen LogP contribution in [0.25, 0.3) is 0 Å². The van der Waals surface area contributed by atoms with Gasteiger partial charge in [-0.05, 0) is 42.8 Å². The highest BCUT2D eigenvalue weighted by Crippen LogP contribution is 2.32. The highest BCUT2D eigenvalue weighted by atomic mass is 32.2. The van der Waals surface area contributed by atoms with Gasteiger partial charge in [-0.15, -0.1) is 11.8 Å². The molecule has 0 aromatic heterocycles. The molecule has 2 aromatic rings. The smallest absolute Gasteiger partial charge is 0.338 e. The van der Waals surface area contributed by atoms with E-state index >= 15 is 0 Å². The van der Waals surface area contributed by atoms with Crippen molar-refractivity contribution in [2.75, 3.05) is 11.1 Å². The lowest BCUT2D eigenvalue weighted by Gasteiger charge is -2.18.